The highest BCUT2D eigenvalue weighted by atomic mass is 32.2. The molecule has 0 radical (unpaired) electrons. The summed E-state index contributed by atoms with van der Waals surface area (Å²) in [5, 5.41) is 29.0. The Morgan fingerprint density at radius 2 is 2.02 bits per heavy atom. The number of aliphatic hydroxyl groups excluding tert-OH is 2. The van der Waals surface area contributed by atoms with Gasteiger partial charge in [-0.1, -0.05) is 36.4 Å². The van der Waals surface area contributed by atoms with E-state index in [1.807, 2.05) is 6.92 Å². The highest BCUT2D eigenvalue weighted by Crippen LogP contribution is 2.69. The summed E-state index contributed by atoms with van der Waals surface area (Å²) in [4.78, 5) is 32.2. The van der Waals surface area contributed by atoms with E-state index >= 15 is 0 Å². The number of aliphatic imine (C=N–C) groups is 1. The number of carbonyl (C=O) groups excluding carboxylic acids is 2. The van der Waals surface area contributed by atoms with Crippen molar-refractivity contribution >= 4 is 34.2 Å². The summed E-state index contributed by atoms with van der Waals surface area (Å²) in [6.45, 7) is 3.99. The normalized spacial score (nSPS) is 35.8. The second kappa shape index (κ2) is 11.8. The van der Waals surface area contributed by atoms with Gasteiger partial charge in [0, 0.05) is 18.2 Å². The van der Waals surface area contributed by atoms with E-state index in [4.69, 9.17) is 15.5 Å². The third-order valence-corrected chi connectivity index (χ3v) is 12.0. The number of thioether (sulfide) groups is 1. The third kappa shape index (κ3) is 5.14. The first-order valence-corrected chi connectivity index (χ1v) is 16.5. The smallest absolute Gasteiger partial charge is 0.361 e. The van der Waals surface area contributed by atoms with Crippen LogP contribution in [0.1, 0.15) is 62.9 Å². The number of aryl methyl sites for hydroxylation is 1. The van der Waals surface area contributed by atoms with Crippen molar-refractivity contribution in [1.82, 2.24) is 15.0 Å². The number of aromatic nitrogens is 3. The third-order valence-electron chi connectivity index (χ3n) is 11.0. The summed E-state index contributed by atoms with van der Waals surface area (Å²) in [6, 6.07) is 6.03. The van der Waals surface area contributed by atoms with Crippen LogP contribution in [0.4, 0.5) is 10.1 Å². The number of nitrogens with zero attached hydrogens (tertiary/aromatic N) is 4. The molecule has 7 atom stereocenters. The summed E-state index contributed by atoms with van der Waals surface area (Å²) >= 11 is 0.969. The summed E-state index contributed by atoms with van der Waals surface area (Å²) in [5.74, 6) is -0.892. The lowest BCUT2D eigenvalue weighted by Gasteiger charge is -2.60. The number of halogens is 1. The average Bonchev–Trinajstić information content (AvgIpc) is 3.57. The number of hydrogen-bond acceptors (Lipinski definition) is 10. The van der Waals surface area contributed by atoms with Gasteiger partial charge in [0.1, 0.15) is 5.82 Å². The fraction of sp³-hybridized carbons (Fsp3) is 0.545. The van der Waals surface area contributed by atoms with Crippen molar-refractivity contribution in [2.45, 2.75) is 64.1 Å². The van der Waals surface area contributed by atoms with Gasteiger partial charge in [0.25, 0.3) is 0 Å². The molecule has 4 aliphatic carbocycles. The maximum atomic E-state index is 14.0. The molecule has 0 saturated heterocycles. The predicted molar refractivity (Wildman–Crippen MR) is 168 cm³/mol. The van der Waals surface area contributed by atoms with Crippen molar-refractivity contribution in [1.29, 1.82) is 0 Å². The minimum atomic E-state index is -1.49. The van der Waals surface area contributed by atoms with Gasteiger partial charge in [-0.25, -0.2) is 14.2 Å². The van der Waals surface area contributed by atoms with Gasteiger partial charge in [-0.05, 0) is 104 Å². The van der Waals surface area contributed by atoms with Crippen LogP contribution in [0.15, 0.2) is 58.9 Å². The Hall–Kier alpha value is -3.35. The standard InChI is InChI=1S/C33H40FN5O5S/c1-31-15-19(17-35)25(36-22-7-5-21(34)6-8-22)14-20(31)4-9-23-24-10-11-33(30(43)45-13-12-40,32(24,2)16-27(41)28(23)31)44-29(42)26-18-39(3)38-37-26/h5-8,14,17-18,23-24,27-28,40-41H,4,9-13,15-16,35H2,1-3H3/t23-,24?,27?,28?,31-,32-,33-/m0/s1. The highest BCUT2D eigenvalue weighted by Gasteiger charge is 2.70. The molecule has 3 fully saturated rings. The lowest BCUT2D eigenvalue weighted by atomic mass is 9.45. The molecule has 45 heavy (non-hydrogen) atoms. The summed E-state index contributed by atoms with van der Waals surface area (Å²) in [6.07, 6.45) is 7.79. The van der Waals surface area contributed by atoms with E-state index in [0.29, 0.717) is 24.9 Å². The monoisotopic (exact) mass is 637 g/mol. The van der Waals surface area contributed by atoms with E-state index in [9.17, 15) is 24.2 Å². The second-order valence-corrected chi connectivity index (χ2v) is 14.4. The molecule has 1 aromatic carbocycles. The average molecular weight is 638 g/mol. The quantitative estimate of drug-likeness (QED) is 0.395. The maximum Gasteiger partial charge on any atom is 0.361 e. The lowest BCUT2D eigenvalue weighted by molar-refractivity contribution is -0.174. The molecule has 6 rings (SSSR count). The Morgan fingerprint density at radius 3 is 2.69 bits per heavy atom. The Labute approximate surface area is 266 Å². The molecule has 3 saturated carbocycles. The number of aliphatic hydroxyl groups is 2. The van der Waals surface area contributed by atoms with Gasteiger partial charge in [0.2, 0.25) is 5.12 Å². The first-order valence-electron chi connectivity index (χ1n) is 15.5. The molecule has 240 valence electrons. The highest BCUT2D eigenvalue weighted by molar-refractivity contribution is 8.13. The number of nitrogens with two attached hydrogens (primary N) is 1. The van der Waals surface area contributed by atoms with Crippen LogP contribution >= 0.6 is 11.8 Å². The Balaban J connectivity index is 1.35. The molecule has 2 aromatic rings. The van der Waals surface area contributed by atoms with Gasteiger partial charge in [0.15, 0.2) is 11.3 Å². The van der Waals surface area contributed by atoms with Crippen molar-refractivity contribution in [3.63, 3.8) is 0 Å². The number of esters is 1. The van der Waals surface area contributed by atoms with Gasteiger partial charge in [-0.15, -0.1) is 5.10 Å². The predicted octanol–water partition coefficient (Wildman–Crippen LogP) is 4.26. The fourth-order valence-corrected chi connectivity index (χ4v) is 9.91. The van der Waals surface area contributed by atoms with Crippen molar-refractivity contribution in [3.05, 3.63) is 65.4 Å². The minimum Gasteiger partial charge on any atom is -0.445 e. The zero-order valence-electron chi connectivity index (χ0n) is 25.8. The minimum absolute atomic E-state index is 0.0113. The van der Waals surface area contributed by atoms with E-state index in [1.54, 1.807) is 25.4 Å². The van der Waals surface area contributed by atoms with E-state index in [1.165, 1.54) is 28.6 Å². The maximum absolute atomic E-state index is 14.0. The summed E-state index contributed by atoms with van der Waals surface area (Å²) in [7, 11) is 1.65. The van der Waals surface area contributed by atoms with Gasteiger partial charge in [0.05, 0.1) is 30.3 Å². The molecular weight excluding hydrogens is 597 g/mol. The van der Waals surface area contributed by atoms with Crippen LogP contribution in [-0.4, -0.2) is 66.1 Å². The van der Waals surface area contributed by atoms with Gasteiger partial charge < -0.3 is 20.7 Å². The Bertz CT molecular complexity index is 1590. The number of hydrogen-bond donors (Lipinski definition) is 3. The molecule has 0 bridgehead atoms. The second-order valence-electron chi connectivity index (χ2n) is 13.3. The van der Waals surface area contributed by atoms with E-state index in [-0.39, 0.29) is 53.2 Å². The molecule has 1 heterocycles. The molecule has 4 N–H and O–H groups in total. The number of rotatable bonds is 6. The van der Waals surface area contributed by atoms with Gasteiger partial charge in [-0.2, -0.15) is 0 Å². The van der Waals surface area contributed by atoms with Gasteiger partial charge >= 0.3 is 5.97 Å². The number of allylic oxidation sites excluding steroid dienone is 3. The zero-order valence-corrected chi connectivity index (χ0v) is 26.6. The molecule has 3 unspecified atom stereocenters. The van der Waals surface area contributed by atoms with Crippen LogP contribution in [0.25, 0.3) is 0 Å². The molecule has 0 aliphatic heterocycles. The van der Waals surface area contributed by atoms with Crippen LogP contribution in [0, 0.1) is 34.4 Å². The summed E-state index contributed by atoms with van der Waals surface area (Å²) < 4.78 is 21.1. The van der Waals surface area contributed by atoms with Crippen LogP contribution in [0.5, 0.6) is 0 Å². The number of fused-ring (bicyclic) bond motifs is 5. The SMILES string of the molecule is Cn1cc(C(=O)O[C@]2(C(=O)SCCO)CCC3[C@@H]4CCC5=CC(=Nc6ccc(F)cc6)C(=CN)C[C@]5(C)C4C(O)C[C@@]32C)nn1. The summed E-state index contributed by atoms with van der Waals surface area (Å²) in [5.41, 5.74) is 6.89. The Morgan fingerprint density at radius 1 is 1.27 bits per heavy atom. The molecule has 0 spiro atoms. The largest absolute Gasteiger partial charge is 0.445 e. The lowest BCUT2D eigenvalue weighted by Crippen LogP contribution is -2.62. The first kappa shape index (κ1) is 31.6. The van der Waals surface area contributed by atoms with Gasteiger partial charge in [-0.3, -0.25) is 9.48 Å². The topological polar surface area (TPSA) is 153 Å². The molecule has 0 amide bonds. The molecular formula is C33H40FN5O5S. The molecule has 4 aliphatic rings. The van der Waals surface area contributed by atoms with E-state index < -0.39 is 28.5 Å². The van der Waals surface area contributed by atoms with E-state index in [2.05, 4.69) is 23.3 Å². The molecule has 10 nitrogen and oxygen atoms in total. The van der Waals surface area contributed by atoms with E-state index in [0.717, 1.165) is 35.9 Å². The molecule has 12 heteroatoms. The van der Waals surface area contributed by atoms with Crippen LogP contribution in [0.3, 0.4) is 0 Å². The van der Waals surface area contributed by atoms with Crippen LogP contribution < -0.4 is 5.73 Å². The first-order chi connectivity index (χ1) is 21.5. The Kier molecular flexibility index (Phi) is 8.28. The fourth-order valence-electron chi connectivity index (χ4n) is 9.03. The van der Waals surface area contributed by atoms with Crippen molar-refractivity contribution in [3.8, 4) is 0 Å². The molecule has 1 aromatic heterocycles. The van der Waals surface area contributed by atoms with Crippen LogP contribution in [0.2, 0.25) is 0 Å². The number of ether oxygens (including phenoxy) is 1. The van der Waals surface area contributed by atoms with Crippen molar-refractivity contribution in [2.75, 3.05) is 12.4 Å². The zero-order chi connectivity index (χ0) is 32.1. The van der Waals surface area contributed by atoms with Crippen molar-refractivity contribution in [2.24, 2.45) is 46.4 Å². The number of carbonyl (C=O) groups is 2. The van der Waals surface area contributed by atoms with Crippen molar-refractivity contribution < 1.29 is 28.9 Å². The van der Waals surface area contributed by atoms with Crippen LogP contribution in [-0.2, 0) is 16.6 Å². The number of benzene rings is 1.